The van der Waals surface area contributed by atoms with E-state index in [0.29, 0.717) is 0 Å². The molecule has 0 radical (unpaired) electrons. The molecule has 2 heteroatoms. The first kappa shape index (κ1) is 28.9. The molecule has 0 heterocycles. The minimum absolute atomic E-state index is 1.36. The maximum absolute atomic E-state index is 4.56. The number of halogens is 1. The zero-order valence-electron chi connectivity index (χ0n) is 20.4. The van der Waals surface area contributed by atoms with Crippen molar-refractivity contribution in [1.82, 2.24) is 0 Å². The standard InChI is InChI=1S/C26H56BrP/c1-5-9-13-14-15-16-17-18-19-20-21-22-26-28(27,23-10-6-2,24-11-7-3)25-12-8-4/h5-26H2,1-4H3. The number of hydrogen-bond acceptors (Lipinski definition) is 0. The van der Waals surface area contributed by atoms with Gasteiger partial charge < -0.3 is 0 Å². The number of rotatable bonds is 22. The van der Waals surface area contributed by atoms with E-state index in [1.54, 1.807) is 0 Å². The van der Waals surface area contributed by atoms with Gasteiger partial charge in [0.05, 0.1) is 0 Å². The zero-order valence-corrected chi connectivity index (χ0v) is 22.9. The van der Waals surface area contributed by atoms with Crippen LogP contribution >= 0.6 is 20.8 Å². The van der Waals surface area contributed by atoms with Crippen LogP contribution in [0.2, 0.25) is 0 Å². The van der Waals surface area contributed by atoms with Crippen LogP contribution in [0.4, 0.5) is 0 Å². The van der Waals surface area contributed by atoms with Gasteiger partial charge in [0, 0.05) is 0 Å². The van der Waals surface area contributed by atoms with E-state index in [1.165, 1.54) is 140 Å². The molecule has 0 atom stereocenters. The Balaban J connectivity index is 4.12. The van der Waals surface area contributed by atoms with Crippen molar-refractivity contribution >= 4 is 20.8 Å². The van der Waals surface area contributed by atoms with Crippen molar-refractivity contribution in [3.05, 3.63) is 0 Å². The van der Waals surface area contributed by atoms with Crippen LogP contribution in [0, 0.1) is 0 Å². The third kappa shape index (κ3) is 14.8. The van der Waals surface area contributed by atoms with E-state index in [9.17, 15) is 0 Å². The van der Waals surface area contributed by atoms with E-state index in [4.69, 9.17) is 0 Å². The number of unbranched alkanes of at least 4 members (excludes halogenated alkanes) is 14. The Morgan fingerprint density at radius 1 is 0.357 bits per heavy atom. The minimum atomic E-state index is -1.63. The van der Waals surface area contributed by atoms with Crippen LogP contribution < -0.4 is 0 Å². The van der Waals surface area contributed by atoms with E-state index in [0.717, 1.165) is 0 Å². The predicted molar refractivity (Wildman–Crippen MR) is 141 cm³/mol. The third-order valence-electron chi connectivity index (χ3n) is 6.78. The maximum atomic E-state index is 4.56. The summed E-state index contributed by atoms with van der Waals surface area (Å²) in [7, 11) is 0. The summed E-state index contributed by atoms with van der Waals surface area (Å²) in [5.41, 5.74) is 0. The Hall–Kier alpha value is 0.910. The number of hydrogen-bond donors (Lipinski definition) is 0. The molecule has 0 nitrogen and oxygen atoms in total. The van der Waals surface area contributed by atoms with Gasteiger partial charge in [0.1, 0.15) is 0 Å². The molecular formula is C26H56BrP. The van der Waals surface area contributed by atoms with Gasteiger partial charge in [-0.05, 0) is 0 Å². The Bertz CT molecular complexity index is 304. The van der Waals surface area contributed by atoms with Crippen molar-refractivity contribution in [2.75, 3.05) is 24.6 Å². The van der Waals surface area contributed by atoms with Crippen LogP contribution in [-0.4, -0.2) is 24.6 Å². The third-order valence-corrected chi connectivity index (χ3v) is 16.8. The van der Waals surface area contributed by atoms with Crippen LogP contribution in [0.1, 0.15) is 143 Å². The second kappa shape index (κ2) is 18.7. The van der Waals surface area contributed by atoms with Crippen LogP contribution in [-0.2, 0) is 0 Å². The van der Waals surface area contributed by atoms with Gasteiger partial charge in [-0.25, -0.2) is 0 Å². The van der Waals surface area contributed by atoms with E-state index in [-0.39, 0.29) is 0 Å². The average Bonchev–Trinajstić information content (AvgIpc) is 2.71. The Labute approximate surface area is 188 Å². The fraction of sp³-hybridized carbons (Fsp3) is 1.00. The van der Waals surface area contributed by atoms with Gasteiger partial charge in [-0.15, -0.1) is 0 Å². The first-order valence-corrected chi connectivity index (χ1v) is 18.3. The fourth-order valence-corrected chi connectivity index (χ4v) is 13.4. The molecule has 0 bridgehead atoms. The summed E-state index contributed by atoms with van der Waals surface area (Å²) >= 11 is 4.56. The molecule has 0 aliphatic carbocycles. The van der Waals surface area contributed by atoms with Crippen molar-refractivity contribution in [2.45, 2.75) is 143 Å². The first-order valence-electron chi connectivity index (χ1n) is 13.3. The molecule has 172 valence electrons. The van der Waals surface area contributed by atoms with Gasteiger partial charge in [0.15, 0.2) is 0 Å². The second-order valence-corrected chi connectivity index (χ2v) is 21.1. The fourth-order valence-electron chi connectivity index (χ4n) is 4.68. The summed E-state index contributed by atoms with van der Waals surface area (Å²) in [4.78, 5) is 0. The molecule has 0 saturated heterocycles. The molecule has 0 rings (SSSR count). The first-order chi connectivity index (χ1) is 13.5. The van der Waals surface area contributed by atoms with Crippen molar-refractivity contribution in [2.24, 2.45) is 0 Å². The molecule has 0 saturated carbocycles. The molecule has 0 aromatic carbocycles. The van der Waals surface area contributed by atoms with Crippen LogP contribution in [0.5, 0.6) is 0 Å². The van der Waals surface area contributed by atoms with E-state index in [2.05, 4.69) is 43.2 Å². The Morgan fingerprint density at radius 2 is 0.607 bits per heavy atom. The van der Waals surface area contributed by atoms with Gasteiger partial charge >= 0.3 is 175 Å². The molecule has 0 aliphatic heterocycles. The molecule has 28 heavy (non-hydrogen) atoms. The summed E-state index contributed by atoms with van der Waals surface area (Å²) in [6.07, 6.45) is 32.0. The van der Waals surface area contributed by atoms with Crippen molar-refractivity contribution in [3.8, 4) is 0 Å². The summed E-state index contributed by atoms with van der Waals surface area (Å²) in [6.45, 7) is 9.42. The summed E-state index contributed by atoms with van der Waals surface area (Å²) < 4.78 is 0. The van der Waals surface area contributed by atoms with Crippen LogP contribution in [0.25, 0.3) is 0 Å². The summed E-state index contributed by atoms with van der Waals surface area (Å²) in [5.74, 6) is 0. The molecule has 0 spiro atoms. The Morgan fingerprint density at radius 3 is 0.929 bits per heavy atom. The Kier molecular flexibility index (Phi) is 19.3. The topological polar surface area (TPSA) is 0 Å². The van der Waals surface area contributed by atoms with Gasteiger partial charge in [-0.2, -0.15) is 0 Å². The van der Waals surface area contributed by atoms with E-state index >= 15 is 0 Å². The monoisotopic (exact) mass is 478 g/mol. The van der Waals surface area contributed by atoms with Crippen molar-refractivity contribution < 1.29 is 0 Å². The SMILES string of the molecule is CCCCCCCCCCCCCCP(Br)(CCCC)(CCCC)CCCC. The van der Waals surface area contributed by atoms with Gasteiger partial charge in [-0.3, -0.25) is 0 Å². The zero-order chi connectivity index (χ0) is 21.0. The molecular weight excluding hydrogens is 423 g/mol. The molecule has 0 aliphatic rings. The van der Waals surface area contributed by atoms with E-state index in [1.807, 2.05) is 0 Å². The van der Waals surface area contributed by atoms with Gasteiger partial charge in [0.2, 0.25) is 0 Å². The summed E-state index contributed by atoms with van der Waals surface area (Å²) in [5, 5.41) is -1.63. The second-order valence-electron chi connectivity index (χ2n) is 9.66. The molecule has 0 amide bonds. The molecule has 0 fully saturated rings. The molecule has 0 unspecified atom stereocenters. The molecule has 0 aromatic heterocycles. The van der Waals surface area contributed by atoms with Crippen molar-refractivity contribution in [1.29, 1.82) is 0 Å². The van der Waals surface area contributed by atoms with E-state index < -0.39 is 5.31 Å². The quantitative estimate of drug-likeness (QED) is 0.107. The average molecular weight is 480 g/mol. The summed E-state index contributed by atoms with van der Waals surface area (Å²) in [6, 6.07) is 0. The van der Waals surface area contributed by atoms with Crippen LogP contribution in [0.15, 0.2) is 0 Å². The van der Waals surface area contributed by atoms with Crippen LogP contribution in [0.3, 0.4) is 0 Å². The van der Waals surface area contributed by atoms with Crippen molar-refractivity contribution in [3.63, 3.8) is 0 Å². The molecule has 0 N–H and O–H groups in total. The normalized spacial score (nSPS) is 13.5. The molecule has 0 aromatic rings. The predicted octanol–water partition coefficient (Wildman–Crippen LogP) is 11.0. The van der Waals surface area contributed by atoms with Gasteiger partial charge in [-0.1, -0.05) is 13.3 Å². The van der Waals surface area contributed by atoms with Gasteiger partial charge in [0.25, 0.3) is 0 Å².